The Labute approximate surface area is 194 Å². The molecule has 4 N–H and O–H groups in total. The molecule has 2 amide bonds. The molecule has 0 spiro atoms. The molecule has 1 aliphatic heterocycles. The van der Waals surface area contributed by atoms with Crippen LogP contribution in [0.1, 0.15) is 57.4 Å². The van der Waals surface area contributed by atoms with Crippen LogP contribution in [0.2, 0.25) is 0 Å². The summed E-state index contributed by atoms with van der Waals surface area (Å²) in [6, 6.07) is 8.82. The predicted octanol–water partition coefficient (Wildman–Crippen LogP) is 3.70. The fourth-order valence-corrected chi connectivity index (χ4v) is 6.38. The average Bonchev–Trinajstić information content (AvgIpc) is 3.28. The van der Waals surface area contributed by atoms with E-state index in [1.54, 1.807) is 28.4 Å². The van der Waals surface area contributed by atoms with Crippen molar-refractivity contribution in [3.63, 3.8) is 0 Å². The van der Waals surface area contributed by atoms with E-state index in [1.807, 2.05) is 0 Å². The molecule has 1 saturated heterocycles. The molecule has 2 heterocycles. The molecule has 5 nitrogen and oxygen atoms in total. The lowest BCUT2D eigenvalue weighted by atomic mass is 9.80. The molecule has 1 aromatic heterocycles. The van der Waals surface area contributed by atoms with Crippen molar-refractivity contribution in [2.24, 2.45) is 5.73 Å². The number of urea groups is 1. The van der Waals surface area contributed by atoms with E-state index < -0.39 is 11.6 Å². The van der Waals surface area contributed by atoms with Crippen molar-refractivity contribution in [3.05, 3.63) is 52.5 Å². The molecular weight excluding hydrogens is 423 g/mol. The average molecular weight is 460 g/mol. The monoisotopic (exact) mass is 459 g/mol. The van der Waals surface area contributed by atoms with E-state index in [0.29, 0.717) is 24.3 Å². The fraction of sp³-hybridized carbons (Fsp3) is 0.560. The van der Waals surface area contributed by atoms with Crippen LogP contribution in [0.15, 0.2) is 41.1 Å². The molecule has 32 heavy (non-hydrogen) atoms. The first-order chi connectivity index (χ1) is 15.5. The van der Waals surface area contributed by atoms with Crippen LogP contribution in [0.25, 0.3) is 0 Å². The quantitative estimate of drug-likeness (QED) is 0.591. The maximum absolute atomic E-state index is 14.1. The molecule has 174 valence electrons. The van der Waals surface area contributed by atoms with Gasteiger partial charge in [0, 0.05) is 36.7 Å². The number of benzene rings is 1. The van der Waals surface area contributed by atoms with E-state index >= 15 is 0 Å². The molecule has 2 fully saturated rings. The van der Waals surface area contributed by atoms with E-state index in [0.717, 1.165) is 25.9 Å². The lowest BCUT2D eigenvalue weighted by molar-refractivity contribution is -0.943. The number of nitrogens with zero attached hydrogens (tertiary/aromatic N) is 1. The van der Waals surface area contributed by atoms with Gasteiger partial charge in [-0.2, -0.15) is 11.3 Å². The number of primary amides is 1. The number of piperidine rings is 1. The summed E-state index contributed by atoms with van der Waals surface area (Å²) in [5.41, 5.74) is 7.42. The number of rotatable bonds is 7. The summed E-state index contributed by atoms with van der Waals surface area (Å²) in [6.45, 7) is 4.89. The number of hydrogen-bond donors (Lipinski definition) is 3. The van der Waals surface area contributed by atoms with Gasteiger partial charge in [-0.1, -0.05) is 25.3 Å². The zero-order valence-electron chi connectivity index (χ0n) is 19.0. The van der Waals surface area contributed by atoms with Crippen LogP contribution in [0.5, 0.6) is 0 Å². The smallest absolute Gasteiger partial charge is 0.319 e. The highest BCUT2D eigenvalue weighted by Crippen LogP contribution is 2.33. The number of likely N-dealkylation sites (tertiary alicyclic amines) is 1. The Morgan fingerprint density at radius 3 is 2.78 bits per heavy atom. The minimum Gasteiger partial charge on any atom is -0.351 e. The Balaban J connectivity index is 1.59. The van der Waals surface area contributed by atoms with Gasteiger partial charge >= 0.3 is 6.03 Å². The van der Waals surface area contributed by atoms with Gasteiger partial charge in [0.05, 0.1) is 18.1 Å². The summed E-state index contributed by atoms with van der Waals surface area (Å²) in [4.78, 5) is 16.0. The topological polar surface area (TPSA) is 62.8 Å². The van der Waals surface area contributed by atoms with Gasteiger partial charge in [-0.05, 0) is 54.8 Å². The van der Waals surface area contributed by atoms with Gasteiger partial charge < -0.3 is 16.0 Å². The molecule has 7 heteroatoms. The largest absolute Gasteiger partial charge is 0.351 e. The van der Waals surface area contributed by atoms with Crippen molar-refractivity contribution in [3.8, 4) is 0 Å². The highest BCUT2D eigenvalue weighted by molar-refractivity contribution is 7.07. The summed E-state index contributed by atoms with van der Waals surface area (Å²) in [7, 11) is 0. The highest BCUT2D eigenvalue weighted by Gasteiger charge is 2.47. The summed E-state index contributed by atoms with van der Waals surface area (Å²) in [5.74, 6) is -0.349. The Morgan fingerprint density at radius 1 is 1.31 bits per heavy atom. The Bertz CT molecular complexity index is 886. The number of halogens is 1. The molecular formula is C25H36FN4OS+. The van der Waals surface area contributed by atoms with Crippen molar-refractivity contribution in [2.75, 3.05) is 18.0 Å². The van der Waals surface area contributed by atoms with Gasteiger partial charge in [0.2, 0.25) is 0 Å². The van der Waals surface area contributed by atoms with Crippen LogP contribution in [-0.4, -0.2) is 36.7 Å². The maximum atomic E-state index is 14.1. The number of nitrogens with two attached hydrogens (primary N) is 1. The minimum absolute atomic E-state index is 0.349. The highest BCUT2D eigenvalue weighted by atomic mass is 32.1. The fourth-order valence-electron chi connectivity index (χ4n) is 5.71. The van der Waals surface area contributed by atoms with Gasteiger partial charge in [-0.25, -0.2) is 9.18 Å². The van der Waals surface area contributed by atoms with E-state index in [2.05, 4.69) is 29.1 Å². The molecule has 1 aliphatic carbocycles. The second-order valence-corrected chi connectivity index (χ2v) is 10.4. The van der Waals surface area contributed by atoms with Gasteiger partial charge in [-0.15, -0.1) is 0 Å². The zero-order valence-corrected chi connectivity index (χ0v) is 19.8. The summed E-state index contributed by atoms with van der Waals surface area (Å²) >= 11 is 1.73. The Morgan fingerprint density at radius 2 is 2.12 bits per heavy atom. The molecule has 3 atom stereocenters. The number of carbonyl (C=O) groups is 1. The van der Waals surface area contributed by atoms with Crippen molar-refractivity contribution in [1.29, 1.82) is 0 Å². The number of anilines is 1. The van der Waals surface area contributed by atoms with Gasteiger partial charge in [-0.3, -0.25) is 4.90 Å². The first kappa shape index (κ1) is 23.2. The van der Waals surface area contributed by atoms with E-state index in [1.165, 1.54) is 54.7 Å². The van der Waals surface area contributed by atoms with Crippen LogP contribution in [0.4, 0.5) is 14.9 Å². The van der Waals surface area contributed by atoms with E-state index in [-0.39, 0.29) is 5.82 Å². The first-order valence-electron chi connectivity index (χ1n) is 11.9. The number of hydrogen-bond acceptors (Lipinski definition) is 3. The number of quaternary nitrogens is 1. The molecule has 2 aromatic rings. The third-order valence-corrected chi connectivity index (χ3v) is 8.12. The third kappa shape index (κ3) is 5.33. The zero-order chi connectivity index (χ0) is 22.6. The Hall–Kier alpha value is -1.96. The van der Waals surface area contributed by atoms with Crippen LogP contribution < -0.4 is 20.9 Å². The molecule has 1 aromatic carbocycles. The van der Waals surface area contributed by atoms with Crippen molar-refractivity contribution in [2.45, 2.75) is 76.0 Å². The number of amides is 2. The van der Waals surface area contributed by atoms with Gasteiger partial charge in [0.25, 0.3) is 0 Å². The van der Waals surface area contributed by atoms with Gasteiger partial charge in [0.15, 0.2) is 0 Å². The number of nitrogens with one attached hydrogen (secondary N) is 2. The normalized spacial score (nSPS) is 26.7. The standard InChI is InChI=1S/C25H35FN4OS/c1-19-15-25(18-28-22-7-3-2-4-8-22,11-12-29(19)16-20-10-13-32-17-20)30(24(27)31)23-9-5-6-21(26)14-23/h5-6,9-10,13-14,17,19,22,28H,2-4,7-8,11-12,15-16,18H2,1H3,(H2,27,31)/p+1/t19-,25+/m0/s1. The molecule has 0 radical (unpaired) electrons. The van der Waals surface area contributed by atoms with Crippen molar-refractivity contribution in [1.82, 2.24) is 5.32 Å². The Kier molecular flexibility index (Phi) is 7.48. The van der Waals surface area contributed by atoms with Crippen LogP contribution in [0, 0.1) is 5.82 Å². The summed E-state index contributed by atoms with van der Waals surface area (Å²) < 4.78 is 14.1. The lowest BCUT2D eigenvalue weighted by Crippen LogP contribution is -3.16. The lowest BCUT2D eigenvalue weighted by Gasteiger charge is -2.49. The molecule has 0 bridgehead atoms. The second-order valence-electron chi connectivity index (χ2n) is 9.67. The van der Waals surface area contributed by atoms with Crippen LogP contribution in [-0.2, 0) is 6.54 Å². The SMILES string of the molecule is C[C@H]1C[C@](CNC2CCCCC2)(N(C(N)=O)c2cccc(F)c2)CC[NH+]1Cc1ccsc1. The number of thiophene rings is 1. The second kappa shape index (κ2) is 10.3. The van der Waals surface area contributed by atoms with E-state index in [4.69, 9.17) is 5.73 Å². The first-order valence-corrected chi connectivity index (χ1v) is 12.9. The van der Waals surface area contributed by atoms with Crippen molar-refractivity contribution >= 4 is 23.1 Å². The van der Waals surface area contributed by atoms with Gasteiger partial charge in [0.1, 0.15) is 12.4 Å². The van der Waals surface area contributed by atoms with Crippen molar-refractivity contribution < 1.29 is 14.1 Å². The summed E-state index contributed by atoms with van der Waals surface area (Å²) in [5, 5.41) is 8.12. The van der Waals surface area contributed by atoms with E-state index in [9.17, 15) is 9.18 Å². The molecule has 1 unspecified atom stereocenters. The molecule has 4 rings (SSSR count). The predicted molar refractivity (Wildman–Crippen MR) is 129 cm³/mol. The molecule has 2 aliphatic rings. The maximum Gasteiger partial charge on any atom is 0.319 e. The number of carbonyl (C=O) groups excluding carboxylic acids is 1. The third-order valence-electron chi connectivity index (χ3n) is 7.39. The summed E-state index contributed by atoms with van der Waals surface area (Å²) in [6.07, 6.45) is 7.82. The molecule has 1 saturated carbocycles. The van der Waals surface area contributed by atoms with Crippen LogP contribution >= 0.6 is 11.3 Å². The minimum atomic E-state index is -0.505. The van der Waals surface area contributed by atoms with Crippen LogP contribution in [0.3, 0.4) is 0 Å².